The molecule has 1 atom stereocenters. The highest BCUT2D eigenvalue weighted by Gasteiger charge is 2.58. The van der Waals surface area contributed by atoms with Crippen molar-refractivity contribution in [3.8, 4) is 5.75 Å². The van der Waals surface area contributed by atoms with E-state index in [1.54, 1.807) is 12.1 Å². The SMILES string of the molecule is CCC(C)(C)CC(C)(c1ccc2cc(OCC(=O)OCC(F)(F)C(F)(F)F)ccc2c1)C(C)(C)CC. The number of carbonyl (C=O) groups excluding carboxylic acids is 1. The summed E-state index contributed by atoms with van der Waals surface area (Å²) in [5.74, 6) is -6.15. The van der Waals surface area contributed by atoms with Crippen molar-refractivity contribution < 1.29 is 36.2 Å². The topological polar surface area (TPSA) is 35.5 Å². The van der Waals surface area contributed by atoms with Crippen LogP contribution in [0, 0.1) is 10.8 Å². The van der Waals surface area contributed by atoms with E-state index in [4.69, 9.17) is 4.74 Å². The first-order chi connectivity index (χ1) is 16.4. The highest BCUT2D eigenvalue weighted by molar-refractivity contribution is 5.85. The van der Waals surface area contributed by atoms with E-state index in [0.29, 0.717) is 0 Å². The van der Waals surface area contributed by atoms with Crippen LogP contribution >= 0.6 is 0 Å². The first-order valence-corrected chi connectivity index (χ1v) is 12.1. The van der Waals surface area contributed by atoms with Crippen molar-refractivity contribution in [2.75, 3.05) is 13.2 Å². The first-order valence-electron chi connectivity index (χ1n) is 12.1. The lowest BCUT2D eigenvalue weighted by Gasteiger charge is -2.49. The average Bonchev–Trinajstić information content (AvgIpc) is 2.79. The van der Waals surface area contributed by atoms with Gasteiger partial charge in [-0.05, 0) is 51.1 Å². The minimum atomic E-state index is -5.79. The molecule has 2 aromatic carbocycles. The van der Waals surface area contributed by atoms with Gasteiger partial charge in [0.05, 0.1) is 0 Å². The lowest BCUT2D eigenvalue weighted by atomic mass is 9.56. The van der Waals surface area contributed by atoms with E-state index in [2.05, 4.69) is 65.3 Å². The molecular formula is C28H37F5O3. The zero-order chi connectivity index (χ0) is 27.6. The fourth-order valence-electron chi connectivity index (χ4n) is 4.30. The van der Waals surface area contributed by atoms with E-state index in [9.17, 15) is 26.7 Å². The van der Waals surface area contributed by atoms with Gasteiger partial charge >= 0.3 is 18.1 Å². The van der Waals surface area contributed by atoms with Crippen molar-refractivity contribution in [1.29, 1.82) is 0 Å². The second-order valence-electron chi connectivity index (χ2n) is 11.1. The Balaban J connectivity index is 2.21. The Morgan fingerprint density at radius 1 is 0.833 bits per heavy atom. The molecule has 202 valence electrons. The van der Waals surface area contributed by atoms with Gasteiger partial charge in [0.1, 0.15) is 5.75 Å². The van der Waals surface area contributed by atoms with Crippen LogP contribution < -0.4 is 4.74 Å². The van der Waals surface area contributed by atoms with Crippen molar-refractivity contribution in [2.24, 2.45) is 10.8 Å². The monoisotopic (exact) mass is 516 g/mol. The fraction of sp³-hybridized carbons (Fsp3) is 0.607. The van der Waals surface area contributed by atoms with E-state index < -0.39 is 31.3 Å². The normalized spacial score (nSPS) is 15.0. The molecule has 0 aromatic heterocycles. The standard InChI is InChI=1S/C28H37F5O3/c1-8-24(3,4)17-26(7,25(5,6)9-2)21-12-10-20-15-22(13-11-19(20)14-21)35-16-23(34)36-18-27(29,30)28(31,32)33/h10-15H,8-9,16-18H2,1-7H3. The van der Waals surface area contributed by atoms with Crippen LogP contribution in [-0.4, -0.2) is 31.3 Å². The number of alkyl halides is 5. The Hall–Kier alpha value is -2.38. The average molecular weight is 517 g/mol. The maximum absolute atomic E-state index is 12.9. The third-order valence-electron chi connectivity index (χ3n) is 7.80. The molecular weight excluding hydrogens is 479 g/mol. The predicted octanol–water partition coefficient (Wildman–Crippen LogP) is 8.48. The van der Waals surface area contributed by atoms with Crippen LogP contribution in [0.1, 0.15) is 73.3 Å². The summed E-state index contributed by atoms with van der Waals surface area (Å²) in [5.41, 5.74) is 1.34. The second kappa shape index (κ2) is 10.5. The maximum atomic E-state index is 12.9. The smallest absolute Gasteiger partial charge is 0.456 e. The number of carbonyl (C=O) groups is 1. The molecule has 2 rings (SSSR count). The molecule has 0 heterocycles. The van der Waals surface area contributed by atoms with E-state index >= 15 is 0 Å². The molecule has 0 bridgehead atoms. The number of benzene rings is 2. The number of rotatable bonds is 11. The number of hydrogen-bond donors (Lipinski definition) is 0. The molecule has 0 aliphatic carbocycles. The van der Waals surface area contributed by atoms with Gasteiger partial charge in [-0.15, -0.1) is 0 Å². The number of fused-ring (bicyclic) bond motifs is 1. The lowest BCUT2D eigenvalue weighted by molar-refractivity contribution is -0.294. The number of hydrogen-bond acceptors (Lipinski definition) is 3. The van der Waals surface area contributed by atoms with Crippen molar-refractivity contribution in [3.63, 3.8) is 0 Å². The van der Waals surface area contributed by atoms with Crippen LogP contribution in [0.2, 0.25) is 0 Å². The number of esters is 1. The molecule has 0 spiro atoms. The van der Waals surface area contributed by atoms with Crippen molar-refractivity contribution >= 4 is 16.7 Å². The molecule has 0 N–H and O–H groups in total. The van der Waals surface area contributed by atoms with E-state index in [0.717, 1.165) is 30.0 Å². The molecule has 0 fully saturated rings. The Morgan fingerprint density at radius 3 is 1.97 bits per heavy atom. The number of halogens is 5. The summed E-state index contributed by atoms with van der Waals surface area (Å²) < 4.78 is 71.7. The lowest BCUT2D eigenvalue weighted by Crippen LogP contribution is -2.42. The quantitative estimate of drug-likeness (QED) is 0.222. The third kappa shape index (κ3) is 6.68. The van der Waals surface area contributed by atoms with Gasteiger partial charge in [-0.3, -0.25) is 0 Å². The van der Waals surface area contributed by atoms with Crippen LogP contribution in [0.3, 0.4) is 0 Å². The van der Waals surface area contributed by atoms with Crippen LogP contribution in [0.5, 0.6) is 5.75 Å². The van der Waals surface area contributed by atoms with Crippen LogP contribution in [0.4, 0.5) is 22.0 Å². The summed E-state index contributed by atoms with van der Waals surface area (Å²) in [6, 6.07) is 11.4. The zero-order valence-corrected chi connectivity index (χ0v) is 22.1. The van der Waals surface area contributed by atoms with Gasteiger partial charge in [0.15, 0.2) is 13.2 Å². The van der Waals surface area contributed by atoms with Gasteiger partial charge in [0.2, 0.25) is 0 Å². The van der Waals surface area contributed by atoms with Crippen molar-refractivity contribution in [1.82, 2.24) is 0 Å². The summed E-state index contributed by atoms with van der Waals surface area (Å²) in [7, 11) is 0. The summed E-state index contributed by atoms with van der Waals surface area (Å²) in [6.45, 7) is 13.0. The van der Waals surface area contributed by atoms with E-state index in [1.165, 1.54) is 5.56 Å². The Kier molecular flexibility index (Phi) is 8.74. The van der Waals surface area contributed by atoms with Crippen molar-refractivity contribution in [3.05, 3.63) is 42.0 Å². The molecule has 0 radical (unpaired) electrons. The fourth-order valence-corrected chi connectivity index (χ4v) is 4.30. The highest BCUT2D eigenvalue weighted by atomic mass is 19.4. The van der Waals surface area contributed by atoms with Crippen molar-refractivity contribution in [2.45, 2.75) is 85.2 Å². The molecule has 0 saturated heterocycles. The van der Waals surface area contributed by atoms with Crippen LogP contribution in [0.25, 0.3) is 10.8 Å². The molecule has 0 saturated carbocycles. The first kappa shape index (κ1) is 29.8. The molecule has 1 unspecified atom stereocenters. The largest absolute Gasteiger partial charge is 0.482 e. The number of ether oxygens (including phenoxy) is 2. The highest BCUT2D eigenvalue weighted by Crippen LogP contribution is 2.51. The summed E-state index contributed by atoms with van der Waals surface area (Å²) in [5, 5.41) is 1.82. The molecule has 0 aliphatic rings. The molecule has 2 aromatic rings. The van der Waals surface area contributed by atoms with Crippen LogP contribution in [0.15, 0.2) is 36.4 Å². The minimum Gasteiger partial charge on any atom is -0.482 e. The Bertz CT molecular complexity index is 1060. The van der Waals surface area contributed by atoms with Gasteiger partial charge < -0.3 is 9.47 Å². The Morgan fingerprint density at radius 2 is 1.42 bits per heavy atom. The summed E-state index contributed by atoms with van der Waals surface area (Å²) >= 11 is 0. The zero-order valence-electron chi connectivity index (χ0n) is 22.1. The molecule has 0 amide bonds. The van der Waals surface area contributed by atoms with Gasteiger partial charge in [0.25, 0.3) is 0 Å². The third-order valence-corrected chi connectivity index (χ3v) is 7.80. The molecule has 8 heteroatoms. The molecule has 0 aliphatic heterocycles. The summed E-state index contributed by atoms with van der Waals surface area (Å²) in [6.07, 6.45) is -2.70. The van der Waals surface area contributed by atoms with Gasteiger partial charge in [-0.1, -0.05) is 85.6 Å². The van der Waals surface area contributed by atoms with Gasteiger partial charge in [-0.2, -0.15) is 22.0 Å². The maximum Gasteiger partial charge on any atom is 0.456 e. The predicted molar refractivity (Wildman–Crippen MR) is 132 cm³/mol. The second-order valence-corrected chi connectivity index (χ2v) is 11.1. The van der Waals surface area contributed by atoms with Gasteiger partial charge in [-0.25, -0.2) is 4.79 Å². The molecule has 36 heavy (non-hydrogen) atoms. The van der Waals surface area contributed by atoms with E-state index in [-0.39, 0.29) is 22.0 Å². The molecule has 3 nitrogen and oxygen atoms in total. The minimum absolute atomic E-state index is 0.0411. The van der Waals surface area contributed by atoms with E-state index in [1.807, 2.05) is 12.1 Å². The summed E-state index contributed by atoms with van der Waals surface area (Å²) in [4.78, 5) is 11.6. The van der Waals surface area contributed by atoms with Crippen LogP contribution in [-0.2, 0) is 14.9 Å². The van der Waals surface area contributed by atoms with Gasteiger partial charge in [0, 0.05) is 0 Å². The Labute approximate surface area is 210 Å².